The maximum atomic E-state index is 11.2. The summed E-state index contributed by atoms with van der Waals surface area (Å²) in [4.78, 5) is 11.2. The molecule has 0 amide bonds. The lowest BCUT2D eigenvalue weighted by molar-refractivity contribution is -0.105. The molecule has 0 aliphatic rings. The van der Waals surface area contributed by atoms with E-state index in [9.17, 15) is 4.79 Å². The van der Waals surface area contributed by atoms with E-state index in [0.717, 1.165) is 36.2 Å². The molecule has 0 saturated heterocycles. The van der Waals surface area contributed by atoms with Gasteiger partial charge in [0.25, 0.3) is 0 Å². The van der Waals surface area contributed by atoms with Gasteiger partial charge in [-0.2, -0.15) is 0 Å². The van der Waals surface area contributed by atoms with Crippen molar-refractivity contribution in [2.45, 2.75) is 84.5 Å². The van der Waals surface area contributed by atoms with Crippen LogP contribution in [0.25, 0.3) is 6.08 Å². The Balaban J connectivity index is 1.99. The van der Waals surface area contributed by atoms with E-state index in [-0.39, 0.29) is 0 Å². The van der Waals surface area contributed by atoms with E-state index in [1.54, 1.807) is 0 Å². The van der Waals surface area contributed by atoms with Crippen LogP contribution in [0.1, 0.15) is 90.0 Å². The zero-order valence-corrected chi connectivity index (χ0v) is 15.8. The number of aldehydes is 1. The quantitative estimate of drug-likeness (QED) is 0.200. The van der Waals surface area contributed by atoms with Crippen molar-refractivity contribution in [3.63, 3.8) is 0 Å². The molecule has 0 aliphatic heterocycles. The highest BCUT2D eigenvalue weighted by Crippen LogP contribution is 2.15. The van der Waals surface area contributed by atoms with Gasteiger partial charge in [-0.3, -0.25) is 4.79 Å². The fourth-order valence-electron chi connectivity index (χ4n) is 3.05. The summed E-state index contributed by atoms with van der Waals surface area (Å²) in [6.07, 6.45) is 17.4. The Morgan fingerprint density at radius 2 is 1.38 bits per heavy atom. The van der Waals surface area contributed by atoms with E-state index in [0.29, 0.717) is 0 Å². The summed E-state index contributed by atoms with van der Waals surface area (Å²) in [5.74, 6) is 0.859. The molecule has 0 saturated carbocycles. The molecule has 1 aromatic carbocycles. The molecule has 134 valence electrons. The van der Waals surface area contributed by atoms with Crippen LogP contribution in [0.5, 0.6) is 0 Å². The van der Waals surface area contributed by atoms with E-state index < -0.39 is 0 Å². The van der Waals surface area contributed by atoms with Crippen LogP contribution in [-0.2, 0) is 4.79 Å². The summed E-state index contributed by atoms with van der Waals surface area (Å²) in [7, 11) is 0. The number of rotatable bonds is 14. The fourth-order valence-corrected chi connectivity index (χ4v) is 3.05. The highest BCUT2D eigenvalue weighted by Gasteiger charge is 1.98. The molecule has 0 aliphatic carbocycles. The van der Waals surface area contributed by atoms with Gasteiger partial charge in [0.15, 0.2) is 0 Å². The standard InChI is InChI=1S/C23H36O/c1-21(2)15-11-8-6-4-3-5-7-9-12-18-23(20-24)19-22-16-13-10-14-17-22/h10,13-14,16-17,19-21H,3-9,11-12,15,18H2,1-2H3. The third-order valence-corrected chi connectivity index (χ3v) is 4.55. The first kappa shape index (κ1) is 20.7. The van der Waals surface area contributed by atoms with Crippen molar-refractivity contribution in [1.82, 2.24) is 0 Å². The molecule has 1 heteroatoms. The number of hydrogen-bond acceptors (Lipinski definition) is 1. The van der Waals surface area contributed by atoms with Gasteiger partial charge in [0, 0.05) is 0 Å². The molecule has 1 aromatic rings. The van der Waals surface area contributed by atoms with Crippen LogP contribution in [-0.4, -0.2) is 6.29 Å². The van der Waals surface area contributed by atoms with Gasteiger partial charge in [0.05, 0.1) is 0 Å². The monoisotopic (exact) mass is 328 g/mol. The van der Waals surface area contributed by atoms with Crippen molar-refractivity contribution in [2.24, 2.45) is 5.92 Å². The van der Waals surface area contributed by atoms with Gasteiger partial charge in [-0.1, -0.05) is 102 Å². The van der Waals surface area contributed by atoms with Crippen molar-refractivity contribution >= 4 is 12.4 Å². The second-order valence-corrected chi connectivity index (χ2v) is 7.36. The van der Waals surface area contributed by atoms with Gasteiger partial charge in [-0.15, -0.1) is 0 Å². The Morgan fingerprint density at radius 1 is 0.833 bits per heavy atom. The van der Waals surface area contributed by atoms with Gasteiger partial charge in [0.1, 0.15) is 6.29 Å². The molecule has 0 fully saturated rings. The Morgan fingerprint density at radius 3 is 1.92 bits per heavy atom. The van der Waals surface area contributed by atoms with Crippen molar-refractivity contribution in [2.75, 3.05) is 0 Å². The molecule has 24 heavy (non-hydrogen) atoms. The number of unbranched alkanes of at least 4 members (excludes halogenated alkanes) is 8. The van der Waals surface area contributed by atoms with Crippen molar-refractivity contribution in [3.8, 4) is 0 Å². The highest BCUT2D eigenvalue weighted by molar-refractivity contribution is 5.81. The number of carbonyl (C=O) groups is 1. The summed E-state index contributed by atoms with van der Waals surface area (Å²) in [6.45, 7) is 4.62. The Hall–Kier alpha value is -1.37. The van der Waals surface area contributed by atoms with Crippen LogP contribution in [0.3, 0.4) is 0 Å². The molecule has 0 spiro atoms. The first-order valence-corrected chi connectivity index (χ1v) is 9.93. The third-order valence-electron chi connectivity index (χ3n) is 4.55. The SMILES string of the molecule is CC(C)CCCCCCCCCCCC(C=O)=Cc1ccccc1. The molecule has 0 atom stereocenters. The van der Waals surface area contributed by atoms with Crippen LogP contribution in [0.2, 0.25) is 0 Å². The van der Waals surface area contributed by atoms with Crippen LogP contribution in [0.15, 0.2) is 35.9 Å². The largest absolute Gasteiger partial charge is 0.298 e. The maximum Gasteiger partial charge on any atom is 0.146 e. The van der Waals surface area contributed by atoms with E-state index in [2.05, 4.69) is 13.8 Å². The van der Waals surface area contributed by atoms with E-state index in [1.807, 2.05) is 36.4 Å². The molecule has 0 aromatic heterocycles. The lowest BCUT2D eigenvalue weighted by Crippen LogP contribution is -1.88. The molecule has 0 radical (unpaired) electrons. The molecule has 1 rings (SSSR count). The molecule has 0 unspecified atom stereocenters. The smallest absolute Gasteiger partial charge is 0.146 e. The van der Waals surface area contributed by atoms with Crippen LogP contribution < -0.4 is 0 Å². The van der Waals surface area contributed by atoms with Gasteiger partial charge in [0.2, 0.25) is 0 Å². The zero-order chi connectivity index (χ0) is 17.5. The summed E-state index contributed by atoms with van der Waals surface area (Å²) in [5.41, 5.74) is 2.04. The minimum absolute atomic E-state index is 0.859. The van der Waals surface area contributed by atoms with Gasteiger partial charge in [-0.25, -0.2) is 0 Å². The third kappa shape index (κ3) is 11.2. The molecule has 0 N–H and O–H groups in total. The van der Waals surface area contributed by atoms with Crippen LogP contribution in [0, 0.1) is 5.92 Å². The Labute approximate surface area is 149 Å². The normalized spacial score (nSPS) is 11.9. The first-order valence-electron chi connectivity index (χ1n) is 9.93. The van der Waals surface area contributed by atoms with E-state index in [1.165, 1.54) is 57.8 Å². The number of benzene rings is 1. The second-order valence-electron chi connectivity index (χ2n) is 7.36. The summed E-state index contributed by atoms with van der Waals surface area (Å²) < 4.78 is 0. The minimum Gasteiger partial charge on any atom is -0.298 e. The zero-order valence-electron chi connectivity index (χ0n) is 15.8. The number of hydrogen-bond donors (Lipinski definition) is 0. The number of carbonyl (C=O) groups excluding carboxylic acids is 1. The van der Waals surface area contributed by atoms with Crippen molar-refractivity contribution < 1.29 is 4.79 Å². The summed E-state index contributed by atoms with van der Waals surface area (Å²) >= 11 is 0. The highest BCUT2D eigenvalue weighted by atomic mass is 16.1. The lowest BCUT2D eigenvalue weighted by atomic mass is 10.0. The summed E-state index contributed by atoms with van der Waals surface area (Å²) in [6, 6.07) is 10.1. The average Bonchev–Trinajstić information content (AvgIpc) is 2.59. The van der Waals surface area contributed by atoms with Crippen molar-refractivity contribution in [3.05, 3.63) is 41.5 Å². The van der Waals surface area contributed by atoms with E-state index in [4.69, 9.17) is 0 Å². The van der Waals surface area contributed by atoms with E-state index >= 15 is 0 Å². The molecular weight excluding hydrogens is 292 g/mol. The van der Waals surface area contributed by atoms with Gasteiger partial charge in [-0.05, 0) is 36.0 Å². The second kappa shape index (κ2) is 14.0. The number of allylic oxidation sites excluding steroid dienone is 1. The average molecular weight is 329 g/mol. The Kier molecular flexibility index (Phi) is 12.1. The predicted octanol–water partition coefficient (Wildman–Crippen LogP) is 7.22. The fraction of sp³-hybridized carbons (Fsp3) is 0.609. The molecule has 0 heterocycles. The predicted molar refractivity (Wildman–Crippen MR) is 106 cm³/mol. The minimum atomic E-state index is 0.859. The van der Waals surface area contributed by atoms with Gasteiger partial charge >= 0.3 is 0 Å². The van der Waals surface area contributed by atoms with Crippen LogP contribution in [0.4, 0.5) is 0 Å². The molecule has 0 bridgehead atoms. The maximum absolute atomic E-state index is 11.2. The lowest BCUT2D eigenvalue weighted by Gasteiger charge is -2.05. The van der Waals surface area contributed by atoms with Crippen LogP contribution >= 0.6 is 0 Å². The Bertz CT molecular complexity index is 444. The molecular formula is C23H36O. The van der Waals surface area contributed by atoms with Crippen molar-refractivity contribution in [1.29, 1.82) is 0 Å². The topological polar surface area (TPSA) is 17.1 Å². The first-order chi connectivity index (χ1) is 11.7. The summed E-state index contributed by atoms with van der Waals surface area (Å²) in [5, 5.41) is 0. The van der Waals surface area contributed by atoms with Gasteiger partial charge < -0.3 is 0 Å². The molecule has 1 nitrogen and oxygen atoms in total.